The SMILES string of the molecule is CCCCc1ccc(C2CCC(CCC(=O)CCC3CCC(c4ccc(CCCC)cc4)CC3)CC2)cc1. The Morgan fingerprint density at radius 1 is 0.579 bits per heavy atom. The number of carbonyl (C=O) groups is 1. The van der Waals surface area contributed by atoms with E-state index in [-0.39, 0.29) is 0 Å². The molecule has 0 radical (unpaired) electrons. The van der Waals surface area contributed by atoms with E-state index < -0.39 is 0 Å². The largest absolute Gasteiger partial charge is 0.300 e. The first-order chi connectivity index (χ1) is 18.6. The molecule has 0 bridgehead atoms. The summed E-state index contributed by atoms with van der Waals surface area (Å²) in [6.45, 7) is 4.53. The summed E-state index contributed by atoms with van der Waals surface area (Å²) in [6, 6.07) is 19.0. The number of carbonyl (C=O) groups excluding carboxylic acids is 1. The Morgan fingerprint density at radius 3 is 1.29 bits per heavy atom. The lowest BCUT2D eigenvalue weighted by molar-refractivity contribution is -0.119. The molecule has 2 aromatic rings. The van der Waals surface area contributed by atoms with Crippen LogP contribution < -0.4 is 0 Å². The van der Waals surface area contributed by atoms with Crippen LogP contribution in [0.1, 0.15) is 151 Å². The van der Waals surface area contributed by atoms with Gasteiger partial charge in [0.05, 0.1) is 0 Å². The van der Waals surface area contributed by atoms with Crippen molar-refractivity contribution in [2.24, 2.45) is 11.8 Å². The summed E-state index contributed by atoms with van der Waals surface area (Å²) in [6.07, 6.45) is 21.9. The minimum Gasteiger partial charge on any atom is -0.300 e. The van der Waals surface area contributed by atoms with Crippen molar-refractivity contribution in [1.82, 2.24) is 0 Å². The second-order valence-corrected chi connectivity index (χ2v) is 12.7. The third-order valence-corrected chi connectivity index (χ3v) is 9.90. The maximum atomic E-state index is 12.7. The van der Waals surface area contributed by atoms with Gasteiger partial charge in [0.15, 0.2) is 0 Å². The number of ketones is 1. The maximum absolute atomic E-state index is 12.7. The van der Waals surface area contributed by atoms with Crippen LogP contribution in [-0.4, -0.2) is 5.78 Å². The lowest BCUT2D eigenvalue weighted by Crippen LogP contribution is -2.16. The van der Waals surface area contributed by atoms with Crippen LogP contribution in [0.15, 0.2) is 48.5 Å². The van der Waals surface area contributed by atoms with Gasteiger partial charge in [-0.25, -0.2) is 0 Å². The Hall–Kier alpha value is -1.89. The van der Waals surface area contributed by atoms with Crippen LogP contribution >= 0.6 is 0 Å². The molecule has 2 saturated carbocycles. The molecule has 0 amide bonds. The zero-order valence-corrected chi connectivity index (χ0v) is 24.6. The molecule has 0 atom stereocenters. The van der Waals surface area contributed by atoms with Crippen molar-refractivity contribution in [3.8, 4) is 0 Å². The van der Waals surface area contributed by atoms with Crippen molar-refractivity contribution in [3.63, 3.8) is 0 Å². The van der Waals surface area contributed by atoms with Crippen LogP contribution in [0.5, 0.6) is 0 Å². The molecular formula is C37H54O. The van der Waals surface area contributed by atoms with Gasteiger partial charge in [0.2, 0.25) is 0 Å². The van der Waals surface area contributed by atoms with E-state index >= 15 is 0 Å². The van der Waals surface area contributed by atoms with Gasteiger partial charge in [0.1, 0.15) is 5.78 Å². The van der Waals surface area contributed by atoms with E-state index in [1.807, 2.05) is 0 Å². The summed E-state index contributed by atoms with van der Waals surface area (Å²) in [4.78, 5) is 12.7. The summed E-state index contributed by atoms with van der Waals surface area (Å²) in [5.74, 6) is 3.53. The molecule has 1 nitrogen and oxygen atoms in total. The predicted octanol–water partition coefficient (Wildman–Crippen LogP) is 10.7. The molecule has 2 aliphatic rings. The highest BCUT2D eigenvalue weighted by atomic mass is 16.1. The van der Waals surface area contributed by atoms with E-state index in [9.17, 15) is 4.79 Å². The molecule has 2 fully saturated rings. The van der Waals surface area contributed by atoms with Gasteiger partial charge >= 0.3 is 0 Å². The number of rotatable bonds is 14. The molecule has 0 N–H and O–H groups in total. The average molecular weight is 515 g/mol. The first kappa shape index (κ1) is 29.1. The van der Waals surface area contributed by atoms with Crippen molar-refractivity contribution < 1.29 is 4.79 Å². The number of benzene rings is 2. The van der Waals surface area contributed by atoms with Gasteiger partial charge in [-0.2, -0.15) is 0 Å². The maximum Gasteiger partial charge on any atom is 0.132 e. The van der Waals surface area contributed by atoms with Gasteiger partial charge in [0.25, 0.3) is 0 Å². The number of aryl methyl sites for hydroxylation is 2. The van der Waals surface area contributed by atoms with E-state index in [0.717, 1.165) is 49.4 Å². The first-order valence-electron chi connectivity index (χ1n) is 16.3. The number of hydrogen-bond acceptors (Lipinski definition) is 1. The highest BCUT2D eigenvalue weighted by Gasteiger charge is 2.25. The molecule has 2 aromatic carbocycles. The smallest absolute Gasteiger partial charge is 0.132 e. The van der Waals surface area contributed by atoms with Crippen LogP contribution in [0.2, 0.25) is 0 Å². The van der Waals surface area contributed by atoms with E-state index in [1.165, 1.54) is 101 Å². The van der Waals surface area contributed by atoms with Crippen molar-refractivity contribution in [3.05, 3.63) is 70.8 Å². The molecule has 4 rings (SSSR count). The van der Waals surface area contributed by atoms with Gasteiger partial charge in [-0.3, -0.25) is 4.79 Å². The summed E-state index contributed by atoms with van der Waals surface area (Å²) in [7, 11) is 0. The van der Waals surface area contributed by atoms with Crippen molar-refractivity contribution in [2.45, 2.75) is 141 Å². The Balaban J connectivity index is 1.08. The lowest BCUT2D eigenvalue weighted by atomic mass is 9.76. The molecule has 0 heterocycles. The number of Topliss-reactive ketones (excluding diaryl/α,β-unsaturated/α-hetero) is 1. The van der Waals surface area contributed by atoms with E-state index in [4.69, 9.17) is 0 Å². The number of hydrogen-bond donors (Lipinski definition) is 0. The summed E-state index contributed by atoms with van der Waals surface area (Å²) < 4.78 is 0. The van der Waals surface area contributed by atoms with Gasteiger partial charge in [-0.15, -0.1) is 0 Å². The normalized spacial score (nSPS) is 23.8. The van der Waals surface area contributed by atoms with Crippen LogP contribution in [0.4, 0.5) is 0 Å². The summed E-state index contributed by atoms with van der Waals surface area (Å²) in [5.41, 5.74) is 6.06. The van der Waals surface area contributed by atoms with Crippen LogP contribution in [0, 0.1) is 11.8 Å². The Morgan fingerprint density at radius 2 is 0.947 bits per heavy atom. The molecule has 1 heteroatoms. The zero-order valence-electron chi connectivity index (χ0n) is 24.6. The lowest BCUT2D eigenvalue weighted by Gasteiger charge is -2.29. The molecule has 0 aromatic heterocycles. The van der Waals surface area contributed by atoms with Crippen LogP contribution in [-0.2, 0) is 17.6 Å². The zero-order chi connectivity index (χ0) is 26.6. The highest BCUT2D eigenvalue weighted by Crippen LogP contribution is 2.39. The summed E-state index contributed by atoms with van der Waals surface area (Å²) in [5, 5.41) is 0. The average Bonchev–Trinajstić information content (AvgIpc) is 2.98. The topological polar surface area (TPSA) is 17.1 Å². The van der Waals surface area contributed by atoms with E-state index in [2.05, 4.69) is 62.4 Å². The molecule has 0 aliphatic heterocycles. The molecule has 0 saturated heterocycles. The minimum atomic E-state index is 0.527. The molecular weight excluding hydrogens is 460 g/mol. The highest BCUT2D eigenvalue weighted by molar-refractivity contribution is 5.78. The van der Waals surface area contributed by atoms with Crippen LogP contribution in [0.25, 0.3) is 0 Å². The van der Waals surface area contributed by atoms with Gasteiger partial charge in [-0.1, -0.05) is 75.2 Å². The van der Waals surface area contributed by atoms with Crippen LogP contribution in [0.3, 0.4) is 0 Å². The number of unbranched alkanes of at least 4 members (excludes halogenated alkanes) is 2. The van der Waals surface area contributed by atoms with Crippen molar-refractivity contribution >= 4 is 5.78 Å². The van der Waals surface area contributed by atoms with Gasteiger partial charge in [-0.05, 0) is 136 Å². The molecule has 208 valence electrons. The Bertz CT molecular complexity index is 846. The van der Waals surface area contributed by atoms with Crippen molar-refractivity contribution in [1.29, 1.82) is 0 Å². The second-order valence-electron chi connectivity index (χ2n) is 12.7. The summed E-state index contributed by atoms with van der Waals surface area (Å²) >= 11 is 0. The first-order valence-corrected chi connectivity index (χ1v) is 16.3. The standard InChI is InChI=1S/C37H54O/c1-3-5-7-29-9-19-33(20-10-29)35-23-13-31(14-24-35)17-27-37(38)28-18-32-15-25-36(26-16-32)34-21-11-30(12-22-34)8-6-4-2/h9-12,19-22,31-32,35-36H,3-8,13-18,23-28H2,1-2H3. The molecule has 0 spiro atoms. The Labute approximate surface area is 234 Å². The monoisotopic (exact) mass is 514 g/mol. The van der Waals surface area contributed by atoms with Gasteiger partial charge in [0, 0.05) is 12.8 Å². The second kappa shape index (κ2) is 15.6. The predicted molar refractivity (Wildman–Crippen MR) is 163 cm³/mol. The van der Waals surface area contributed by atoms with Gasteiger partial charge < -0.3 is 0 Å². The fraction of sp³-hybridized carbons (Fsp3) is 0.649. The van der Waals surface area contributed by atoms with E-state index in [0.29, 0.717) is 5.78 Å². The quantitative estimate of drug-likeness (QED) is 0.245. The van der Waals surface area contributed by atoms with Crippen molar-refractivity contribution in [2.75, 3.05) is 0 Å². The molecule has 38 heavy (non-hydrogen) atoms. The molecule has 0 unspecified atom stereocenters. The fourth-order valence-electron chi connectivity index (χ4n) is 7.10. The fourth-order valence-corrected chi connectivity index (χ4v) is 7.10. The molecule has 2 aliphatic carbocycles. The van der Waals surface area contributed by atoms with E-state index in [1.54, 1.807) is 11.1 Å². The minimum absolute atomic E-state index is 0.527. The Kier molecular flexibility index (Phi) is 12.0. The third kappa shape index (κ3) is 9.10. The third-order valence-electron chi connectivity index (χ3n) is 9.90.